The second kappa shape index (κ2) is 4.78. The summed E-state index contributed by atoms with van der Waals surface area (Å²) in [5.41, 5.74) is 3.45. The molecule has 2 nitrogen and oxygen atoms in total. The first-order valence-corrected chi connectivity index (χ1v) is 6.62. The van der Waals surface area contributed by atoms with E-state index in [0.29, 0.717) is 0 Å². The van der Waals surface area contributed by atoms with E-state index in [1.165, 1.54) is 16.6 Å². The first kappa shape index (κ1) is 11.8. The van der Waals surface area contributed by atoms with Crippen molar-refractivity contribution in [3.05, 3.63) is 53.6 Å². The molecule has 0 bridgehead atoms. The Balaban J connectivity index is 2.13. The third-order valence-electron chi connectivity index (χ3n) is 3.80. The fraction of sp³-hybridized carbons (Fsp3) is 0.235. The lowest BCUT2D eigenvalue weighted by Gasteiger charge is -2.28. The monoisotopic (exact) mass is 248 g/mol. The largest absolute Gasteiger partial charge is 0.367 e. The third kappa shape index (κ3) is 2.08. The molecule has 0 aliphatic carbocycles. The van der Waals surface area contributed by atoms with Crippen LogP contribution in [0.2, 0.25) is 0 Å². The van der Waals surface area contributed by atoms with E-state index in [4.69, 9.17) is 0 Å². The molecule has 2 aromatic carbocycles. The van der Waals surface area contributed by atoms with Crippen molar-refractivity contribution >= 4 is 16.5 Å². The Morgan fingerprint density at radius 2 is 1.89 bits per heavy atom. The van der Waals surface area contributed by atoms with Crippen LogP contribution < -0.4 is 4.90 Å². The minimum atomic E-state index is 0.753. The van der Waals surface area contributed by atoms with Crippen LogP contribution in [0.3, 0.4) is 0 Å². The fourth-order valence-electron chi connectivity index (χ4n) is 2.65. The van der Waals surface area contributed by atoms with Crippen molar-refractivity contribution in [2.75, 3.05) is 18.0 Å². The number of hydrogen-bond donors (Lipinski definition) is 0. The maximum absolute atomic E-state index is 9.20. The fourth-order valence-corrected chi connectivity index (χ4v) is 2.65. The summed E-state index contributed by atoms with van der Waals surface area (Å²) in [5, 5.41) is 11.4. The van der Waals surface area contributed by atoms with Crippen LogP contribution in [0.5, 0.6) is 0 Å². The van der Waals surface area contributed by atoms with Crippen molar-refractivity contribution in [1.29, 1.82) is 5.26 Å². The normalized spacial score (nSPS) is 15.2. The van der Waals surface area contributed by atoms with Gasteiger partial charge in [0.1, 0.15) is 0 Å². The van der Waals surface area contributed by atoms with Crippen LogP contribution in [0.15, 0.2) is 48.0 Å². The van der Waals surface area contributed by atoms with Gasteiger partial charge in [-0.3, -0.25) is 0 Å². The zero-order valence-corrected chi connectivity index (χ0v) is 11.1. The zero-order chi connectivity index (χ0) is 13.2. The van der Waals surface area contributed by atoms with Gasteiger partial charge in [-0.15, -0.1) is 0 Å². The summed E-state index contributed by atoms with van der Waals surface area (Å²) < 4.78 is 0. The van der Waals surface area contributed by atoms with Crippen LogP contribution in [0.25, 0.3) is 10.8 Å². The predicted molar refractivity (Wildman–Crippen MR) is 79.3 cm³/mol. The van der Waals surface area contributed by atoms with Gasteiger partial charge in [0, 0.05) is 29.5 Å². The highest BCUT2D eigenvalue weighted by Gasteiger charge is 2.14. The minimum absolute atomic E-state index is 0.753. The molecule has 1 aliphatic heterocycles. The molecule has 2 aromatic rings. The van der Waals surface area contributed by atoms with Crippen molar-refractivity contribution in [1.82, 2.24) is 0 Å². The number of hydrogen-bond acceptors (Lipinski definition) is 2. The van der Waals surface area contributed by atoms with Crippen LogP contribution >= 0.6 is 0 Å². The van der Waals surface area contributed by atoms with Crippen LogP contribution in [0.4, 0.5) is 5.69 Å². The Morgan fingerprint density at radius 3 is 2.58 bits per heavy atom. The van der Waals surface area contributed by atoms with Gasteiger partial charge in [-0.05, 0) is 25.5 Å². The predicted octanol–water partition coefficient (Wildman–Crippen LogP) is 3.87. The Labute approximate surface area is 113 Å². The smallest absolute Gasteiger partial charge is 0.0998 e. The van der Waals surface area contributed by atoms with E-state index in [9.17, 15) is 5.26 Å². The molecule has 0 fully saturated rings. The molecule has 19 heavy (non-hydrogen) atoms. The van der Waals surface area contributed by atoms with Gasteiger partial charge in [-0.1, -0.05) is 35.9 Å². The van der Waals surface area contributed by atoms with Crippen molar-refractivity contribution in [3.63, 3.8) is 0 Å². The van der Waals surface area contributed by atoms with Crippen molar-refractivity contribution in [3.8, 4) is 6.07 Å². The SMILES string of the molecule is CC1=CCN(c2ccc(C#N)c3ccccc23)CC1. The number of fused-ring (bicyclic) bond motifs is 1. The minimum Gasteiger partial charge on any atom is -0.367 e. The summed E-state index contributed by atoms with van der Waals surface area (Å²) in [7, 11) is 0. The first-order valence-electron chi connectivity index (χ1n) is 6.62. The maximum Gasteiger partial charge on any atom is 0.0998 e. The molecular formula is C17H16N2. The van der Waals surface area contributed by atoms with Crippen molar-refractivity contribution < 1.29 is 0 Å². The quantitative estimate of drug-likeness (QED) is 0.716. The highest BCUT2D eigenvalue weighted by Crippen LogP contribution is 2.30. The summed E-state index contributed by atoms with van der Waals surface area (Å²) in [5.74, 6) is 0. The molecule has 0 N–H and O–H groups in total. The van der Waals surface area contributed by atoms with Crippen LogP contribution in [-0.4, -0.2) is 13.1 Å². The highest BCUT2D eigenvalue weighted by atomic mass is 15.1. The van der Waals surface area contributed by atoms with Gasteiger partial charge >= 0.3 is 0 Å². The number of rotatable bonds is 1. The Kier molecular flexibility index (Phi) is 2.97. The molecule has 0 unspecified atom stereocenters. The third-order valence-corrected chi connectivity index (χ3v) is 3.80. The van der Waals surface area contributed by atoms with Gasteiger partial charge in [0.25, 0.3) is 0 Å². The average molecular weight is 248 g/mol. The van der Waals surface area contributed by atoms with Crippen LogP contribution in [0, 0.1) is 11.3 Å². The zero-order valence-electron chi connectivity index (χ0n) is 11.1. The van der Waals surface area contributed by atoms with E-state index in [-0.39, 0.29) is 0 Å². The lowest BCUT2D eigenvalue weighted by molar-refractivity contribution is 0.790. The molecule has 3 rings (SSSR count). The molecule has 0 radical (unpaired) electrons. The van der Waals surface area contributed by atoms with Gasteiger partial charge in [0.05, 0.1) is 11.6 Å². The Morgan fingerprint density at radius 1 is 1.11 bits per heavy atom. The van der Waals surface area contributed by atoms with Gasteiger partial charge in [0.2, 0.25) is 0 Å². The van der Waals surface area contributed by atoms with Crippen LogP contribution in [-0.2, 0) is 0 Å². The van der Waals surface area contributed by atoms with E-state index in [1.54, 1.807) is 0 Å². The molecular weight excluding hydrogens is 232 g/mol. The number of nitrogens with zero attached hydrogens (tertiary/aromatic N) is 2. The lowest BCUT2D eigenvalue weighted by Crippen LogP contribution is -2.28. The molecule has 0 spiro atoms. The molecule has 0 aromatic heterocycles. The van der Waals surface area contributed by atoms with Crippen molar-refractivity contribution in [2.24, 2.45) is 0 Å². The molecule has 0 saturated heterocycles. The average Bonchev–Trinajstić information content (AvgIpc) is 2.47. The van der Waals surface area contributed by atoms with E-state index in [2.05, 4.69) is 36.1 Å². The number of nitriles is 1. The molecule has 2 heteroatoms. The summed E-state index contributed by atoms with van der Waals surface area (Å²) in [6.45, 7) is 4.20. The topological polar surface area (TPSA) is 27.0 Å². The molecule has 0 amide bonds. The molecule has 94 valence electrons. The second-order valence-corrected chi connectivity index (χ2v) is 5.04. The van der Waals surface area contributed by atoms with E-state index >= 15 is 0 Å². The Hall–Kier alpha value is -2.27. The van der Waals surface area contributed by atoms with Crippen molar-refractivity contribution in [2.45, 2.75) is 13.3 Å². The van der Waals surface area contributed by atoms with Gasteiger partial charge in [-0.25, -0.2) is 0 Å². The summed E-state index contributed by atoms with van der Waals surface area (Å²) in [6, 6.07) is 14.5. The molecule has 0 saturated carbocycles. The summed E-state index contributed by atoms with van der Waals surface area (Å²) in [4.78, 5) is 2.39. The van der Waals surface area contributed by atoms with Gasteiger partial charge in [0.15, 0.2) is 0 Å². The summed E-state index contributed by atoms with van der Waals surface area (Å²) >= 11 is 0. The van der Waals surface area contributed by atoms with E-state index < -0.39 is 0 Å². The lowest BCUT2D eigenvalue weighted by atomic mass is 10.0. The number of benzene rings is 2. The van der Waals surface area contributed by atoms with E-state index in [1.807, 2.05) is 24.3 Å². The van der Waals surface area contributed by atoms with Gasteiger partial charge < -0.3 is 4.90 Å². The molecule has 1 heterocycles. The van der Waals surface area contributed by atoms with Gasteiger partial charge in [-0.2, -0.15) is 5.26 Å². The molecule has 0 atom stereocenters. The second-order valence-electron chi connectivity index (χ2n) is 5.04. The summed E-state index contributed by atoms with van der Waals surface area (Å²) in [6.07, 6.45) is 3.41. The Bertz CT molecular complexity index is 692. The highest BCUT2D eigenvalue weighted by molar-refractivity contribution is 5.97. The van der Waals surface area contributed by atoms with Crippen LogP contribution in [0.1, 0.15) is 18.9 Å². The van der Waals surface area contributed by atoms with E-state index in [0.717, 1.165) is 30.5 Å². The molecule has 1 aliphatic rings. The first-order chi connectivity index (χ1) is 9.29. The standard InChI is InChI=1S/C17H16N2/c1-13-8-10-19(11-9-13)17-7-6-14(12-18)15-4-2-3-5-16(15)17/h2-8H,9-11H2,1H3. The maximum atomic E-state index is 9.20. The number of anilines is 1.